The third-order valence-electron chi connectivity index (χ3n) is 3.31. The molecule has 1 heterocycles. The van der Waals surface area contributed by atoms with Crippen LogP contribution in [0, 0.1) is 0 Å². The Labute approximate surface area is 92.3 Å². The lowest BCUT2D eigenvalue weighted by molar-refractivity contribution is -0.137. The van der Waals surface area contributed by atoms with Crippen LogP contribution in [-0.2, 0) is 4.79 Å². The van der Waals surface area contributed by atoms with E-state index in [4.69, 9.17) is 5.73 Å². The molecule has 0 saturated heterocycles. The van der Waals surface area contributed by atoms with E-state index in [1.807, 2.05) is 18.7 Å². The van der Waals surface area contributed by atoms with E-state index in [0.29, 0.717) is 12.8 Å². The van der Waals surface area contributed by atoms with Crippen molar-refractivity contribution in [3.05, 3.63) is 11.6 Å². The molecule has 0 aromatic rings. The van der Waals surface area contributed by atoms with Gasteiger partial charge in [-0.1, -0.05) is 25.5 Å². The molecule has 86 valence electrons. The zero-order chi connectivity index (χ0) is 11.5. The first kappa shape index (κ1) is 12.2. The predicted molar refractivity (Wildman–Crippen MR) is 62.5 cm³/mol. The van der Waals surface area contributed by atoms with E-state index in [2.05, 4.69) is 13.0 Å². The molecule has 1 aliphatic rings. The molecule has 0 radical (unpaired) electrons. The topological polar surface area (TPSA) is 46.3 Å². The molecule has 0 saturated carbocycles. The van der Waals surface area contributed by atoms with Gasteiger partial charge in [-0.25, -0.2) is 0 Å². The van der Waals surface area contributed by atoms with Gasteiger partial charge in [-0.15, -0.1) is 0 Å². The van der Waals surface area contributed by atoms with Crippen LogP contribution in [0.25, 0.3) is 0 Å². The first-order valence-corrected chi connectivity index (χ1v) is 5.77. The van der Waals surface area contributed by atoms with Gasteiger partial charge in [0.05, 0.1) is 5.54 Å². The molecule has 1 amide bonds. The Hall–Kier alpha value is -0.830. The van der Waals surface area contributed by atoms with Crippen molar-refractivity contribution in [1.82, 2.24) is 4.90 Å². The molecular formula is C12H22N2O. The monoisotopic (exact) mass is 210 g/mol. The zero-order valence-electron chi connectivity index (χ0n) is 10.0. The molecule has 0 fully saturated rings. The maximum absolute atomic E-state index is 12.2. The molecule has 0 aliphatic carbocycles. The first-order valence-electron chi connectivity index (χ1n) is 5.77. The van der Waals surface area contributed by atoms with Crippen molar-refractivity contribution in [1.29, 1.82) is 0 Å². The summed E-state index contributed by atoms with van der Waals surface area (Å²) in [7, 11) is 0. The Balaban J connectivity index is 2.72. The van der Waals surface area contributed by atoms with Crippen LogP contribution < -0.4 is 5.73 Å². The van der Waals surface area contributed by atoms with Gasteiger partial charge in [-0.3, -0.25) is 4.79 Å². The van der Waals surface area contributed by atoms with E-state index in [1.54, 1.807) is 0 Å². The summed E-state index contributed by atoms with van der Waals surface area (Å²) >= 11 is 0. The van der Waals surface area contributed by atoms with Crippen LogP contribution >= 0.6 is 0 Å². The summed E-state index contributed by atoms with van der Waals surface area (Å²) in [6.07, 6.45) is 4.57. The quantitative estimate of drug-likeness (QED) is 0.720. The van der Waals surface area contributed by atoms with Gasteiger partial charge >= 0.3 is 0 Å². The largest absolute Gasteiger partial charge is 0.337 e. The van der Waals surface area contributed by atoms with Crippen LogP contribution in [0.5, 0.6) is 0 Å². The maximum atomic E-state index is 12.2. The average molecular weight is 210 g/mol. The van der Waals surface area contributed by atoms with E-state index in [9.17, 15) is 4.79 Å². The van der Waals surface area contributed by atoms with E-state index in [0.717, 1.165) is 19.5 Å². The molecule has 0 unspecified atom stereocenters. The van der Waals surface area contributed by atoms with Crippen LogP contribution in [-0.4, -0.2) is 29.4 Å². The van der Waals surface area contributed by atoms with Crippen molar-refractivity contribution in [2.75, 3.05) is 13.1 Å². The molecular weight excluding hydrogens is 188 g/mol. The Morgan fingerprint density at radius 1 is 1.53 bits per heavy atom. The summed E-state index contributed by atoms with van der Waals surface area (Å²) in [6.45, 7) is 7.59. The fourth-order valence-corrected chi connectivity index (χ4v) is 1.95. The molecule has 1 aliphatic heterocycles. The summed E-state index contributed by atoms with van der Waals surface area (Å²) < 4.78 is 0. The molecule has 1 rings (SSSR count). The van der Waals surface area contributed by atoms with Crippen molar-refractivity contribution in [3.63, 3.8) is 0 Å². The van der Waals surface area contributed by atoms with Crippen molar-refractivity contribution in [2.24, 2.45) is 5.73 Å². The van der Waals surface area contributed by atoms with Crippen LogP contribution in [0.1, 0.15) is 40.0 Å². The standard InChI is InChI=1S/C12H22N2O/c1-4-12(13,5-2)11(15)14-8-6-7-10(3)9-14/h7H,4-6,8-9,13H2,1-3H3. The van der Waals surface area contributed by atoms with Gasteiger partial charge in [0.15, 0.2) is 0 Å². The van der Waals surface area contributed by atoms with Crippen LogP contribution in [0.4, 0.5) is 0 Å². The highest BCUT2D eigenvalue weighted by molar-refractivity contribution is 5.86. The third kappa shape index (κ3) is 2.59. The van der Waals surface area contributed by atoms with Gasteiger partial charge in [0.1, 0.15) is 0 Å². The summed E-state index contributed by atoms with van der Waals surface area (Å²) in [5.74, 6) is 0.111. The van der Waals surface area contributed by atoms with Gasteiger partial charge in [-0.05, 0) is 26.2 Å². The smallest absolute Gasteiger partial charge is 0.242 e. The minimum Gasteiger partial charge on any atom is -0.337 e. The summed E-state index contributed by atoms with van der Waals surface area (Å²) in [5, 5.41) is 0. The predicted octanol–water partition coefficient (Wildman–Crippen LogP) is 1.68. The van der Waals surface area contributed by atoms with Crippen molar-refractivity contribution in [3.8, 4) is 0 Å². The number of amides is 1. The first-order chi connectivity index (χ1) is 7.03. The second kappa shape index (κ2) is 4.79. The fraction of sp³-hybridized carbons (Fsp3) is 0.750. The molecule has 0 spiro atoms. The molecule has 0 atom stereocenters. The molecule has 15 heavy (non-hydrogen) atoms. The number of hydrogen-bond donors (Lipinski definition) is 1. The molecule has 0 bridgehead atoms. The zero-order valence-corrected chi connectivity index (χ0v) is 10.0. The summed E-state index contributed by atoms with van der Waals surface area (Å²) in [6, 6.07) is 0. The number of carbonyl (C=O) groups excluding carboxylic acids is 1. The molecule has 0 aromatic heterocycles. The van der Waals surface area contributed by atoms with Crippen molar-refractivity contribution >= 4 is 5.91 Å². The van der Waals surface area contributed by atoms with E-state index >= 15 is 0 Å². The van der Waals surface area contributed by atoms with E-state index in [1.165, 1.54) is 5.57 Å². The van der Waals surface area contributed by atoms with Crippen molar-refractivity contribution < 1.29 is 4.79 Å². The Morgan fingerprint density at radius 2 is 2.13 bits per heavy atom. The van der Waals surface area contributed by atoms with Crippen LogP contribution in [0.2, 0.25) is 0 Å². The Kier molecular flexibility index (Phi) is 3.91. The SMILES string of the molecule is CCC(N)(CC)C(=O)N1CCC=C(C)C1. The normalized spacial score (nSPS) is 17.6. The van der Waals surface area contributed by atoms with Crippen molar-refractivity contribution in [2.45, 2.75) is 45.6 Å². The highest BCUT2D eigenvalue weighted by Gasteiger charge is 2.34. The second-order valence-corrected chi connectivity index (χ2v) is 4.43. The maximum Gasteiger partial charge on any atom is 0.242 e. The van der Waals surface area contributed by atoms with Gasteiger partial charge < -0.3 is 10.6 Å². The van der Waals surface area contributed by atoms with Gasteiger partial charge in [0, 0.05) is 13.1 Å². The number of nitrogens with two attached hydrogens (primary N) is 1. The second-order valence-electron chi connectivity index (χ2n) is 4.43. The number of nitrogens with zero attached hydrogens (tertiary/aromatic N) is 1. The van der Waals surface area contributed by atoms with Crippen LogP contribution in [0.3, 0.4) is 0 Å². The Bertz CT molecular complexity index is 267. The molecule has 3 heteroatoms. The Morgan fingerprint density at radius 3 is 2.60 bits per heavy atom. The lowest BCUT2D eigenvalue weighted by Crippen LogP contribution is -2.55. The number of carbonyl (C=O) groups is 1. The average Bonchev–Trinajstić information content (AvgIpc) is 2.27. The highest BCUT2D eigenvalue weighted by atomic mass is 16.2. The van der Waals surface area contributed by atoms with E-state index in [-0.39, 0.29) is 5.91 Å². The summed E-state index contributed by atoms with van der Waals surface area (Å²) in [4.78, 5) is 14.1. The minimum atomic E-state index is -0.655. The molecule has 3 nitrogen and oxygen atoms in total. The lowest BCUT2D eigenvalue weighted by Gasteiger charge is -2.34. The third-order valence-corrected chi connectivity index (χ3v) is 3.31. The lowest BCUT2D eigenvalue weighted by atomic mass is 9.91. The van der Waals surface area contributed by atoms with Gasteiger partial charge in [0.25, 0.3) is 0 Å². The fourth-order valence-electron chi connectivity index (χ4n) is 1.95. The van der Waals surface area contributed by atoms with Gasteiger partial charge in [0.2, 0.25) is 5.91 Å². The molecule has 2 N–H and O–H groups in total. The molecule has 0 aromatic carbocycles. The summed E-state index contributed by atoms with van der Waals surface area (Å²) in [5.41, 5.74) is 6.72. The number of hydrogen-bond acceptors (Lipinski definition) is 2. The van der Waals surface area contributed by atoms with E-state index < -0.39 is 5.54 Å². The van der Waals surface area contributed by atoms with Crippen LogP contribution in [0.15, 0.2) is 11.6 Å². The minimum absolute atomic E-state index is 0.111. The highest BCUT2D eigenvalue weighted by Crippen LogP contribution is 2.18. The van der Waals surface area contributed by atoms with Gasteiger partial charge in [-0.2, -0.15) is 0 Å². The number of rotatable bonds is 3.